The number of methoxy groups -OCH3 is 1. The Kier molecular flexibility index (Phi) is 6.13. The second kappa shape index (κ2) is 8.29. The fourth-order valence-corrected chi connectivity index (χ4v) is 3.22. The summed E-state index contributed by atoms with van der Waals surface area (Å²) in [5.74, 6) is -1.16. The lowest BCUT2D eigenvalue weighted by atomic mass is 10.2. The quantitative estimate of drug-likeness (QED) is 0.728. The van der Waals surface area contributed by atoms with Crippen molar-refractivity contribution >= 4 is 27.6 Å². The zero-order valence-corrected chi connectivity index (χ0v) is 14.4. The second-order valence-corrected chi connectivity index (χ2v) is 6.91. The smallest absolute Gasteiger partial charge is 0.325 e. The molecule has 1 amide bonds. The van der Waals surface area contributed by atoms with Gasteiger partial charge < -0.3 is 10.1 Å². The van der Waals surface area contributed by atoms with E-state index in [2.05, 4.69) is 14.8 Å². The number of esters is 1. The van der Waals surface area contributed by atoms with Crippen LogP contribution in [-0.4, -0.2) is 33.9 Å². The van der Waals surface area contributed by atoms with E-state index in [0.29, 0.717) is 16.8 Å². The topological polar surface area (TPSA) is 102 Å². The number of carbonyl (C=O) groups excluding carboxylic acids is 2. The summed E-state index contributed by atoms with van der Waals surface area (Å²) in [6, 6.07) is 14.7. The molecule has 7 nitrogen and oxygen atoms in total. The van der Waals surface area contributed by atoms with Crippen LogP contribution in [0.1, 0.15) is 15.9 Å². The van der Waals surface area contributed by atoms with Crippen LogP contribution in [0.5, 0.6) is 0 Å². The van der Waals surface area contributed by atoms with Gasteiger partial charge in [-0.3, -0.25) is 14.3 Å². The van der Waals surface area contributed by atoms with Gasteiger partial charge in [0.1, 0.15) is 6.54 Å². The van der Waals surface area contributed by atoms with Gasteiger partial charge in [0, 0.05) is 11.3 Å². The van der Waals surface area contributed by atoms with Gasteiger partial charge >= 0.3 is 5.97 Å². The molecular weight excluding hydrogens is 344 g/mol. The van der Waals surface area contributed by atoms with Crippen LogP contribution < -0.4 is 10.0 Å². The van der Waals surface area contributed by atoms with Gasteiger partial charge in [0.2, 0.25) is 10.0 Å². The first kappa shape index (κ1) is 18.5. The van der Waals surface area contributed by atoms with Crippen molar-refractivity contribution in [2.75, 3.05) is 18.4 Å². The number of ether oxygens (including phenoxy) is 1. The fourth-order valence-electron chi connectivity index (χ4n) is 2.03. The summed E-state index contributed by atoms with van der Waals surface area (Å²) in [5.41, 5.74) is 1.32. The molecule has 0 atom stereocenters. The molecule has 0 spiro atoms. The Morgan fingerprint density at radius 1 is 1.00 bits per heavy atom. The molecule has 0 fully saturated rings. The first-order valence-electron chi connectivity index (χ1n) is 7.39. The molecule has 2 aromatic carbocycles. The van der Waals surface area contributed by atoms with E-state index in [9.17, 15) is 18.0 Å². The van der Waals surface area contributed by atoms with Crippen molar-refractivity contribution in [3.63, 3.8) is 0 Å². The Morgan fingerprint density at radius 2 is 1.64 bits per heavy atom. The monoisotopic (exact) mass is 362 g/mol. The average molecular weight is 362 g/mol. The largest absolute Gasteiger partial charge is 0.468 e. The van der Waals surface area contributed by atoms with Crippen LogP contribution >= 0.6 is 0 Å². The number of benzene rings is 2. The molecule has 0 aromatic heterocycles. The highest BCUT2D eigenvalue weighted by atomic mass is 32.2. The summed E-state index contributed by atoms with van der Waals surface area (Å²) in [7, 11) is -2.33. The third-order valence-electron chi connectivity index (χ3n) is 3.24. The van der Waals surface area contributed by atoms with Gasteiger partial charge in [0.05, 0.1) is 12.9 Å². The van der Waals surface area contributed by atoms with Gasteiger partial charge in [-0.2, -0.15) is 0 Å². The van der Waals surface area contributed by atoms with Gasteiger partial charge in [-0.1, -0.05) is 30.3 Å². The Morgan fingerprint density at radius 3 is 2.24 bits per heavy atom. The van der Waals surface area contributed by atoms with Gasteiger partial charge in [-0.25, -0.2) is 8.42 Å². The van der Waals surface area contributed by atoms with Crippen molar-refractivity contribution in [1.82, 2.24) is 5.32 Å². The third-order valence-corrected chi connectivity index (χ3v) is 4.50. The van der Waals surface area contributed by atoms with E-state index in [1.54, 1.807) is 24.3 Å². The molecule has 132 valence electrons. The number of nitrogens with one attached hydrogen (secondary N) is 2. The van der Waals surface area contributed by atoms with Crippen molar-refractivity contribution < 1.29 is 22.7 Å². The van der Waals surface area contributed by atoms with E-state index in [1.165, 1.54) is 31.4 Å². The Labute approximate surface area is 146 Å². The summed E-state index contributed by atoms with van der Waals surface area (Å²) >= 11 is 0. The lowest BCUT2D eigenvalue weighted by Crippen LogP contribution is -2.30. The highest BCUT2D eigenvalue weighted by molar-refractivity contribution is 7.91. The minimum atomic E-state index is -3.56. The van der Waals surface area contributed by atoms with Crippen molar-refractivity contribution in [3.05, 3.63) is 65.7 Å². The molecule has 0 unspecified atom stereocenters. The highest BCUT2D eigenvalue weighted by Gasteiger charge is 2.13. The molecule has 0 aliphatic heterocycles. The van der Waals surface area contributed by atoms with Crippen molar-refractivity contribution in [2.45, 2.75) is 5.75 Å². The molecule has 0 heterocycles. The summed E-state index contributed by atoms with van der Waals surface area (Å²) in [5, 5.41) is 2.40. The van der Waals surface area contributed by atoms with E-state index < -0.39 is 21.9 Å². The number of anilines is 1. The third kappa shape index (κ3) is 5.92. The summed E-state index contributed by atoms with van der Waals surface area (Å²) < 4.78 is 31.2. The van der Waals surface area contributed by atoms with Crippen LogP contribution in [0.25, 0.3) is 0 Å². The molecule has 0 aliphatic carbocycles. The minimum absolute atomic E-state index is 0.144. The molecular formula is C17H18N2O5S. The number of hydrogen-bond donors (Lipinski definition) is 2. The normalized spacial score (nSPS) is 10.8. The highest BCUT2D eigenvalue weighted by Crippen LogP contribution is 2.14. The van der Waals surface area contributed by atoms with Crippen LogP contribution in [0, 0.1) is 0 Å². The van der Waals surface area contributed by atoms with Crippen molar-refractivity contribution in [3.8, 4) is 0 Å². The maximum Gasteiger partial charge on any atom is 0.325 e. The number of carbonyl (C=O) groups is 2. The average Bonchev–Trinajstić information content (AvgIpc) is 2.60. The Bertz CT molecular complexity index is 833. The molecule has 0 saturated carbocycles. The first-order valence-corrected chi connectivity index (χ1v) is 9.04. The molecule has 2 rings (SSSR count). The SMILES string of the molecule is COC(=O)CNC(=O)c1ccc(NS(=O)(=O)Cc2ccccc2)cc1. The van der Waals surface area contributed by atoms with Crippen LogP contribution in [0.15, 0.2) is 54.6 Å². The van der Waals surface area contributed by atoms with Crippen LogP contribution in [0.4, 0.5) is 5.69 Å². The Hall–Kier alpha value is -2.87. The number of amides is 1. The summed E-state index contributed by atoms with van der Waals surface area (Å²) in [6.45, 7) is -0.235. The fraction of sp³-hybridized carbons (Fsp3) is 0.176. The molecule has 8 heteroatoms. The second-order valence-electron chi connectivity index (χ2n) is 5.18. The maximum atomic E-state index is 12.2. The van der Waals surface area contributed by atoms with Crippen molar-refractivity contribution in [1.29, 1.82) is 0 Å². The predicted octanol–water partition coefficient (Wildman–Crippen LogP) is 1.53. The number of rotatable bonds is 7. The van der Waals surface area contributed by atoms with Crippen LogP contribution in [0.3, 0.4) is 0 Å². The molecule has 2 N–H and O–H groups in total. The van der Waals surface area contributed by atoms with E-state index in [0.717, 1.165) is 0 Å². The molecule has 25 heavy (non-hydrogen) atoms. The van der Waals surface area contributed by atoms with E-state index in [4.69, 9.17) is 0 Å². The molecule has 0 saturated heterocycles. The van der Waals surface area contributed by atoms with Gasteiger partial charge in [-0.05, 0) is 29.8 Å². The van der Waals surface area contributed by atoms with E-state index in [1.807, 2.05) is 6.07 Å². The maximum absolute atomic E-state index is 12.2. The zero-order chi connectivity index (χ0) is 18.3. The Balaban J connectivity index is 1.97. The van der Waals surface area contributed by atoms with Gasteiger partial charge in [-0.15, -0.1) is 0 Å². The van der Waals surface area contributed by atoms with Crippen LogP contribution in [-0.2, 0) is 25.3 Å². The standard InChI is InChI=1S/C17H18N2O5S/c1-24-16(20)11-18-17(21)14-7-9-15(10-8-14)19-25(22,23)12-13-5-3-2-4-6-13/h2-10,19H,11-12H2,1H3,(H,18,21). The lowest BCUT2D eigenvalue weighted by Gasteiger charge is -2.09. The molecule has 0 bridgehead atoms. The predicted molar refractivity (Wildman–Crippen MR) is 93.5 cm³/mol. The van der Waals surface area contributed by atoms with E-state index >= 15 is 0 Å². The zero-order valence-electron chi connectivity index (χ0n) is 13.6. The van der Waals surface area contributed by atoms with Crippen LogP contribution in [0.2, 0.25) is 0 Å². The number of hydrogen-bond acceptors (Lipinski definition) is 5. The molecule has 0 aliphatic rings. The number of sulfonamides is 1. The van der Waals surface area contributed by atoms with Gasteiger partial charge in [0.25, 0.3) is 5.91 Å². The van der Waals surface area contributed by atoms with E-state index in [-0.39, 0.29) is 12.3 Å². The molecule has 0 radical (unpaired) electrons. The summed E-state index contributed by atoms with van der Waals surface area (Å²) in [4.78, 5) is 22.8. The minimum Gasteiger partial charge on any atom is -0.468 e. The first-order chi connectivity index (χ1) is 11.9. The lowest BCUT2D eigenvalue weighted by molar-refractivity contribution is -0.139. The summed E-state index contributed by atoms with van der Waals surface area (Å²) in [6.07, 6.45) is 0. The van der Waals surface area contributed by atoms with Gasteiger partial charge in [0.15, 0.2) is 0 Å². The molecule has 2 aromatic rings. The van der Waals surface area contributed by atoms with Crippen molar-refractivity contribution in [2.24, 2.45) is 0 Å².